The molecule has 1 heterocycles. The summed E-state index contributed by atoms with van der Waals surface area (Å²) in [7, 11) is 1.90. The van der Waals surface area contributed by atoms with Gasteiger partial charge in [0.15, 0.2) is 5.88 Å². The van der Waals surface area contributed by atoms with Crippen LogP contribution in [-0.2, 0) is 0 Å². The van der Waals surface area contributed by atoms with E-state index in [9.17, 15) is 4.79 Å². The molecule has 0 radical (unpaired) electrons. The van der Waals surface area contributed by atoms with E-state index in [1.807, 2.05) is 11.9 Å². The molecule has 1 rings (SSSR count). The van der Waals surface area contributed by atoms with E-state index in [4.69, 9.17) is 9.52 Å². The van der Waals surface area contributed by atoms with Crippen molar-refractivity contribution in [1.29, 1.82) is 0 Å². The maximum Gasteiger partial charge on any atom is 0.371 e. The van der Waals surface area contributed by atoms with Crippen molar-refractivity contribution < 1.29 is 14.3 Å². The van der Waals surface area contributed by atoms with Crippen molar-refractivity contribution in [2.75, 3.05) is 11.9 Å². The molecular formula is C11H17NO3. The monoisotopic (exact) mass is 211 g/mol. The van der Waals surface area contributed by atoms with Crippen LogP contribution in [0, 0.1) is 5.92 Å². The molecule has 1 atom stereocenters. The van der Waals surface area contributed by atoms with E-state index in [1.165, 1.54) is 6.07 Å². The quantitative estimate of drug-likeness (QED) is 0.831. The molecule has 84 valence electrons. The molecule has 0 saturated carbocycles. The Bertz CT molecular complexity index is 343. The number of rotatable bonds is 4. The third-order valence-corrected chi connectivity index (χ3v) is 2.73. The summed E-state index contributed by atoms with van der Waals surface area (Å²) in [5, 5.41) is 8.72. The highest BCUT2D eigenvalue weighted by molar-refractivity contribution is 5.84. The average Bonchev–Trinajstić information content (AvgIpc) is 2.64. The third kappa shape index (κ3) is 2.52. The van der Waals surface area contributed by atoms with Crippen molar-refractivity contribution >= 4 is 11.9 Å². The molecule has 0 saturated heterocycles. The van der Waals surface area contributed by atoms with Crippen LogP contribution in [0.3, 0.4) is 0 Å². The Morgan fingerprint density at radius 1 is 1.40 bits per heavy atom. The van der Waals surface area contributed by atoms with Gasteiger partial charge in [-0.2, -0.15) is 0 Å². The van der Waals surface area contributed by atoms with Gasteiger partial charge in [-0.15, -0.1) is 0 Å². The summed E-state index contributed by atoms with van der Waals surface area (Å²) >= 11 is 0. The lowest BCUT2D eigenvalue weighted by Crippen LogP contribution is -2.32. The van der Waals surface area contributed by atoms with Gasteiger partial charge in [0, 0.05) is 19.2 Å². The molecule has 4 nitrogen and oxygen atoms in total. The summed E-state index contributed by atoms with van der Waals surface area (Å²) in [6, 6.07) is 3.46. The molecule has 0 aromatic carbocycles. The zero-order chi connectivity index (χ0) is 11.6. The zero-order valence-electron chi connectivity index (χ0n) is 9.52. The van der Waals surface area contributed by atoms with E-state index >= 15 is 0 Å². The maximum absolute atomic E-state index is 10.6. The molecule has 1 aromatic heterocycles. The topological polar surface area (TPSA) is 53.7 Å². The fourth-order valence-electron chi connectivity index (χ4n) is 1.28. The van der Waals surface area contributed by atoms with E-state index in [2.05, 4.69) is 20.8 Å². The van der Waals surface area contributed by atoms with Gasteiger partial charge in [0.25, 0.3) is 0 Å². The molecule has 15 heavy (non-hydrogen) atoms. The van der Waals surface area contributed by atoms with Gasteiger partial charge < -0.3 is 14.4 Å². The Morgan fingerprint density at radius 3 is 2.40 bits per heavy atom. The van der Waals surface area contributed by atoms with Crippen molar-refractivity contribution in [1.82, 2.24) is 0 Å². The van der Waals surface area contributed by atoms with E-state index in [0.717, 1.165) is 0 Å². The molecule has 4 heteroatoms. The van der Waals surface area contributed by atoms with Crippen molar-refractivity contribution in [2.45, 2.75) is 26.8 Å². The average molecular weight is 211 g/mol. The first-order chi connectivity index (χ1) is 6.93. The lowest BCUT2D eigenvalue weighted by atomic mass is 10.1. The highest BCUT2D eigenvalue weighted by atomic mass is 16.4. The van der Waals surface area contributed by atoms with Crippen molar-refractivity contribution in [3.63, 3.8) is 0 Å². The van der Waals surface area contributed by atoms with Gasteiger partial charge in [0.2, 0.25) is 5.76 Å². The second kappa shape index (κ2) is 4.38. The van der Waals surface area contributed by atoms with Gasteiger partial charge >= 0.3 is 5.97 Å². The maximum atomic E-state index is 10.6. The van der Waals surface area contributed by atoms with Crippen LogP contribution in [-0.4, -0.2) is 24.2 Å². The number of anilines is 1. The molecule has 0 aliphatic rings. The Hall–Kier alpha value is -1.45. The first-order valence-corrected chi connectivity index (χ1v) is 4.99. The summed E-state index contributed by atoms with van der Waals surface area (Å²) < 4.78 is 5.20. The smallest absolute Gasteiger partial charge is 0.371 e. The largest absolute Gasteiger partial charge is 0.475 e. The fraction of sp³-hybridized carbons (Fsp3) is 0.545. The molecule has 1 aromatic rings. The summed E-state index contributed by atoms with van der Waals surface area (Å²) in [6.07, 6.45) is 0. The van der Waals surface area contributed by atoms with Crippen LogP contribution in [0.4, 0.5) is 5.88 Å². The highest BCUT2D eigenvalue weighted by Gasteiger charge is 2.18. The molecule has 0 aliphatic carbocycles. The molecule has 0 aliphatic heterocycles. The molecule has 0 amide bonds. The minimum atomic E-state index is -1.04. The molecule has 0 spiro atoms. The van der Waals surface area contributed by atoms with Crippen LogP contribution in [0.1, 0.15) is 31.3 Å². The van der Waals surface area contributed by atoms with Crippen LogP contribution in [0.15, 0.2) is 16.5 Å². The van der Waals surface area contributed by atoms with Crippen LogP contribution in [0.2, 0.25) is 0 Å². The number of hydrogen-bond donors (Lipinski definition) is 1. The molecule has 1 unspecified atom stereocenters. The number of nitrogens with zero attached hydrogens (tertiary/aromatic N) is 1. The fourth-order valence-corrected chi connectivity index (χ4v) is 1.28. The standard InChI is InChI=1S/C11H17NO3/c1-7(2)8(3)12(4)10-6-5-9(15-10)11(13)14/h5-8H,1-4H3,(H,13,14). The van der Waals surface area contributed by atoms with Crippen LogP contribution in [0.25, 0.3) is 0 Å². The molecule has 0 fully saturated rings. The number of aromatic carboxylic acids is 1. The number of carboxylic acid groups (broad SMARTS) is 1. The minimum absolute atomic E-state index is 0.0205. The predicted molar refractivity (Wildman–Crippen MR) is 58.4 cm³/mol. The summed E-state index contributed by atoms with van der Waals surface area (Å²) in [4.78, 5) is 12.6. The van der Waals surface area contributed by atoms with Gasteiger partial charge in [-0.25, -0.2) is 4.79 Å². The molecule has 1 N–H and O–H groups in total. The number of furan rings is 1. The lowest BCUT2D eigenvalue weighted by molar-refractivity contribution is 0.0663. The predicted octanol–water partition coefficient (Wildman–Crippen LogP) is 2.46. The van der Waals surface area contributed by atoms with Gasteiger partial charge in [0.1, 0.15) is 0 Å². The van der Waals surface area contributed by atoms with E-state index in [0.29, 0.717) is 17.8 Å². The van der Waals surface area contributed by atoms with E-state index < -0.39 is 5.97 Å². The van der Waals surface area contributed by atoms with Gasteiger partial charge in [-0.05, 0) is 18.9 Å². The summed E-state index contributed by atoms with van der Waals surface area (Å²) in [5.74, 6) is 0.0154. The SMILES string of the molecule is CC(C)C(C)N(C)c1ccc(C(=O)O)o1. The highest BCUT2D eigenvalue weighted by Crippen LogP contribution is 2.21. The van der Waals surface area contributed by atoms with Gasteiger partial charge in [-0.1, -0.05) is 13.8 Å². The van der Waals surface area contributed by atoms with E-state index in [1.54, 1.807) is 6.07 Å². The van der Waals surface area contributed by atoms with Crippen molar-refractivity contribution in [2.24, 2.45) is 5.92 Å². The van der Waals surface area contributed by atoms with Crippen LogP contribution < -0.4 is 4.90 Å². The number of carbonyl (C=O) groups is 1. The van der Waals surface area contributed by atoms with Gasteiger partial charge in [0.05, 0.1) is 0 Å². The van der Waals surface area contributed by atoms with E-state index in [-0.39, 0.29) is 5.76 Å². The summed E-state index contributed by atoms with van der Waals surface area (Å²) in [5.41, 5.74) is 0. The first kappa shape index (κ1) is 11.6. The number of carboxylic acids is 1. The zero-order valence-corrected chi connectivity index (χ0v) is 9.52. The molecule has 0 bridgehead atoms. The van der Waals surface area contributed by atoms with Crippen molar-refractivity contribution in [3.8, 4) is 0 Å². The van der Waals surface area contributed by atoms with Crippen LogP contribution in [0.5, 0.6) is 0 Å². The Labute approximate surface area is 89.5 Å². The number of hydrogen-bond acceptors (Lipinski definition) is 3. The Morgan fingerprint density at radius 2 is 2.00 bits per heavy atom. The first-order valence-electron chi connectivity index (χ1n) is 4.99. The lowest BCUT2D eigenvalue weighted by Gasteiger charge is -2.27. The normalized spacial score (nSPS) is 12.9. The molecular weight excluding hydrogens is 194 g/mol. The second-order valence-corrected chi connectivity index (χ2v) is 4.04. The van der Waals surface area contributed by atoms with Gasteiger partial charge in [-0.3, -0.25) is 0 Å². The Balaban J connectivity index is 2.82. The third-order valence-electron chi connectivity index (χ3n) is 2.73. The second-order valence-electron chi connectivity index (χ2n) is 4.04. The van der Waals surface area contributed by atoms with Crippen molar-refractivity contribution in [3.05, 3.63) is 17.9 Å². The summed E-state index contributed by atoms with van der Waals surface area (Å²) in [6.45, 7) is 6.30. The van der Waals surface area contributed by atoms with Crippen LogP contribution >= 0.6 is 0 Å². The Kier molecular flexibility index (Phi) is 3.39. The minimum Gasteiger partial charge on any atom is -0.475 e.